The number of rotatable bonds is 4. The molecule has 0 aliphatic rings. The number of ether oxygens (including phenoxy) is 1. The lowest BCUT2D eigenvalue weighted by Gasteiger charge is -2.05. The van der Waals surface area contributed by atoms with E-state index in [0.29, 0.717) is 33.6 Å². The van der Waals surface area contributed by atoms with Crippen molar-refractivity contribution in [3.8, 4) is 0 Å². The first-order valence-electron chi connectivity index (χ1n) is 8.62. The van der Waals surface area contributed by atoms with Crippen molar-refractivity contribution < 1.29 is 9.53 Å². The molecule has 0 fully saturated rings. The van der Waals surface area contributed by atoms with Crippen molar-refractivity contribution in [3.05, 3.63) is 75.0 Å². The van der Waals surface area contributed by atoms with Gasteiger partial charge in [-0.15, -0.1) is 0 Å². The highest BCUT2D eigenvalue weighted by atomic mass is 35.5. The van der Waals surface area contributed by atoms with Crippen LogP contribution in [0.5, 0.6) is 0 Å². The lowest BCUT2D eigenvalue weighted by molar-refractivity contribution is 0.0997. The first-order chi connectivity index (χ1) is 13.6. The first-order valence-corrected chi connectivity index (χ1v) is 10.2. The number of carbonyl (C=O) groups is 1. The second-order valence-electron chi connectivity index (χ2n) is 6.24. The number of methoxy groups -OCH3 is 1. The molecular formula is C21H16Cl2N2O2S. The average Bonchev–Trinajstić information content (AvgIpc) is 3.03. The Balaban J connectivity index is 1.92. The fraction of sp³-hybridized carbons (Fsp3) is 0.143. The van der Waals surface area contributed by atoms with E-state index >= 15 is 0 Å². The van der Waals surface area contributed by atoms with Crippen molar-refractivity contribution in [2.45, 2.75) is 6.54 Å². The summed E-state index contributed by atoms with van der Waals surface area (Å²) in [7, 11) is 1.65. The van der Waals surface area contributed by atoms with Gasteiger partial charge in [0.05, 0.1) is 16.8 Å². The Morgan fingerprint density at radius 2 is 1.86 bits per heavy atom. The van der Waals surface area contributed by atoms with Gasteiger partial charge in [-0.3, -0.25) is 4.79 Å². The van der Waals surface area contributed by atoms with Crippen molar-refractivity contribution in [1.29, 1.82) is 0 Å². The molecule has 1 heterocycles. The van der Waals surface area contributed by atoms with Crippen molar-refractivity contribution in [3.63, 3.8) is 0 Å². The smallest absolute Gasteiger partial charge is 0.279 e. The molecule has 142 valence electrons. The van der Waals surface area contributed by atoms with E-state index in [1.807, 2.05) is 16.7 Å². The quantitative estimate of drug-likeness (QED) is 0.425. The summed E-state index contributed by atoms with van der Waals surface area (Å²) >= 11 is 13.5. The minimum Gasteiger partial charge on any atom is -0.383 e. The number of nitrogens with zero attached hydrogens (tertiary/aromatic N) is 2. The van der Waals surface area contributed by atoms with E-state index in [0.717, 1.165) is 21.0 Å². The highest BCUT2D eigenvalue weighted by Crippen LogP contribution is 2.28. The van der Waals surface area contributed by atoms with Crippen molar-refractivity contribution >= 4 is 61.4 Å². The van der Waals surface area contributed by atoms with Crippen LogP contribution in [0.3, 0.4) is 0 Å². The van der Waals surface area contributed by atoms with E-state index in [1.165, 1.54) is 11.3 Å². The molecule has 0 aliphatic carbocycles. The molecule has 0 radical (unpaired) electrons. The predicted molar refractivity (Wildman–Crippen MR) is 116 cm³/mol. The fourth-order valence-corrected chi connectivity index (χ4v) is 4.83. The van der Waals surface area contributed by atoms with Gasteiger partial charge >= 0.3 is 0 Å². The molecule has 0 atom stereocenters. The van der Waals surface area contributed by atoms with Gasteiger partial charge in [0.1, 0.15) is 0 Å². The Bertz CT molecular complexity index is 1240. The van der Waals surface area contributed by atoms with Gasteiger partial charge in [0, 0.05) is 34.6 Å². The van der Waals surface area contributed by atoms with Gasteiger partial charge in [0.15, 0.2) is 4.80 Å². The summed E-state index contributed by atoms with van der Waals surface area (Å²) < 4.78 is 8.35. The second kappa shape index (κ2) is 8.05. The number of aromatic nitrogens is 1. The van der Waals surface area contributed by atoms with Crippen LogP contribution in [0.15, 0.2) is 59.6 Å². The van der Waals surface area contributed by atoms with Gasteiger partial charge in [-0.05, 0) is 29.7 Å². The van der Waals surface area contributed by atoms with Crippen LogP contribution in [-0.2, 0) is 11.3 Å². The Hall–Kier alpha value is -2.18. The zero-order valence-corrected chi connectivity index (χ0v) is 17.3. The number of benzene rings is 3. The van der Waals surface area contributed by atoms with Crippen molar-refractivity contribution in [1.82, 2.24) is 4.57 Å². The summed E-state index contributed by atoms with van der Waals surface area (Å²) in [4.78, 5) is 17.8. The van der Waals surface area contributed by atoms with Gasteiger partial charge in [-0.2, -0.15) is 4.99 Å². The number of fused-ring (bicyclic) bond motifs is 3. The summed E-state index contributed by atoms with van der Waals surface area (Å²) in [5.41, 5.74) is 1.38. The molecule has 0 N–H and O–H groups in total. The van der Waals surface area contributed by atoms with Gasteiger partial charge in [0.2, 0.25) is 0 Å². The third-order valence-electron chi connectivity index (χ3n) is 4.40. The van der Waals surface area contributed by atoms with Crippen LogP contribution in [-0.4, -0.2) is 24.2 Å². The molecule has 1 aromatic heterocycles. The molecule has 0 saturated carbocycles. The van der Waals surface area contributed by atoms with E-state index in [4.69, 9.17) is 27.9 Å². The predicted octanol–water partition coefficient (Wildman–Crippen LogP) is 5.55. The fourth-order valence-electron chi connectivity index (χ4n) is 3.11. The van der Waals surface area contributed by atoms with Crippen LogP contribution in [0.1, 0.15) is 10.4 Å². The topological polar surface area (TPSA) is 43.6 Å². The van der Waals surface area contributed by atoms with Gasteiger partial charge in [0.25, 0.3) is 5.91 Å². The van der Waals surface area contributed by atoms with E-state index in [1.54, 1.807) is 25.3 Å². The molecule has 7 heteroatoms. The Morgan fingerprint density at radius 1 is 1.11 bits per heavy atom. The molecule has 0 saturated heterocycles. The lowest BCUT2D eigenvalue weighted by Crippen LogP contribution is -2.19. The molecule has 0 bridgehead atoms. The number of hydrogen-bond acceptors (Lipinski definition) is 3. The van der Waals surface area contributed by atoms with Gasteiger partial charge in [-0.25, -0.2) is 0 Å². The zero-order valence-electron chi connectivity index (χ0n) is 15.0. The minimum atomic E-state index is -0.383. The second-order valence-corrected chi connectivity index (χ2v) is 8.09. The zero-order chi connectivity index (χ0) is 19.7. The normalized spacial score (nSPS) is 12.2. The molecule has 3 aromatic carbocycles. The largest absolute Gasteiger partial charge is 0.383 e. The molecule has 0 unspecified atom stereocenters. The Morgan fingerprint density at radius 3 is 2.61 bits per heavy atom. The van der Waals surface area contributed by atoms with Crippen molar-refractivity contribution in [2.24, 2.45) is 4.99 Å². The molecule has 4 aromatic rings. The SMILES string of the molecule is COCCn1c(=NC(=O)c2cc(Cl)cc(Cl)c2)sc2c3ccccc3ccc21. The highest BCUT2D eigenvalue weighted by molar-refractivity contribution is 7.17. The maximum Gasteiger partial charge on any atom is 0.279 e. The summed E-state index contributed by atoms with van der Waals surface area (Å²) in [5, 5.41) is 3.09. The van der Waals surface area contributed by atoms with Crippen LogP contribution >= 0.6 is 34.5 Å². The summed E-state index contributed by atoms with van der Waals surface area (Å²) in [5.74, 6) is -0.383. The third-order valence-corrected chi connectivity index (χ3v) is 5.96. The maximum absolute atomic E-state index is 12.8. The van der Waals surface area contributed by atoms with E-state index in [2.05, 4.69) is 29.3 Å². The van der Waals surface area contributed by atoms with Gasteiger partial charge in [-0.1, -0.05) is 64.9 Å². The standard InChI is InChI=1S/C21H16Cl2N2O2S/c1-27-9-8-25-18-7-6-13-4-2-3-5-17(13)19(18)28-21(25)24-20(26)14-10-15(22)12-16(23)11-14/h2-7,10-12H,8-9H2,1H3. The van der Waals surface area contributed by atoms with Crippen molar-refractivity contribution in [2.75, 3.05) is 13.7 Å². The molecule has 1 amide bonds. The molecule has 28 heavy (non-hydrogen) atoms. The minimum absolute atomic E-state index is 0.359. The Labute approximate surface area is 175 Å². The number of carbonyl (C=O) groups excluding carboxylic acids is 1. The highest BCUT2D eigenvalue weighted by Gasteiger charge is 2.12. The molecular weight excluding hydrogens is 415 g/mol. The Kier molecular flexibility index (Phi) is 5.51. The maximum atomic E-state index is 12.8. The molecule has 4 rings (SSSR count). The first kappa shape index (κ1) is 19.2. The summed E-state index contributed by atoms with van der Waals surface area (Å²) in [6.07, 6.45) is 0. The van der Waals surface area contributed by atoms with Crippen LogP contribution in [0, 0.1) is 0 Å². The summed E-state index contributed by atoms with van der Waals surface area (Å²) in [6, 6.07) is 17.0. The van der Waals surface area contributed by atoms with E-state index < -0.39 is 0 Å². The number of hydrogen-bond donors (Lipinski definition) is 0. The lowest BCUT2D eigenvalue weighted by atomic mass is 10.1. The number of amides is 1. The average molecular weight is 431 g/mol. The summed E-state index contributed by atoms with van der Waals surface area (Å²) in [6.45, 7) is 1.11. The van der Waals surface area contributed by atoms with Crippen LogP contribution < -0.4 is 4.80 Å². The monoisotopic (exact) mass is 430 g/mol. The van der Waals surface area contributed by atoms with E-state index in [9.17, 15) is 4.79 Å². The number of halogens is 2. The molecule has 4 nitrogen and oxygen atoms in total. The van der Waals surface area contributed by atoms with Crippen LogP contribution in [0.25, 0.3) is 21.0 Å². The van der Waals surface area contributed by atoms with Crippen LogP contribution in [0.2, 0.25) is 10.0 Å². The van der Waals surface area contributed by atoms with E-state index in [-0.39, 0.29) is 5.91 Å². The number of thiazole rings is 1. The van der Waals surface area contributed by atoms with Gasteiger partial charge < -0.3 is 9.30 Å². The van der Waals surface area contributed by atoms with Crippen LogP contribution in [0.4, 0.5) is 0 Å². The molecule has 0 spiro atoms. The third kappa shape index (κ3) is 3.71. The molecule has 0 aliphatic heterocycles.